The fraction of sp³-hybridized carbons (Fsp3) is 0.231. The van der Waals surface area contributed by atoms with E-state index in [9.17, 15) is 9.59 Å². The third-order valence-electron chi connectivity index (χ3n) is 5.72. The van der Waals surface area contributed by atoms with Crippen LogP contribution in [0, 0.1) is 0 Å². The lowest BCUT2D eigenvalue weighted by molar-refractivity contribution is 0.100. The summed E-state index contributed by atoms with van der Waals surface area (Å²) in [6.45, 7) is 2.53. The van der Waals surface area contributed by atoms with Gasteiger partial charge in [0.15, 0.2) is 0 Å². The van der Waals surface area contributed by atoms with E-state index in [2.05, 4.69) is 20.9 Å². The number of amides is 3. The summed E-state index contributed by atoms with van der Waals surface area (Å²) in [5.41, 5.74) is 9.88. The number of nitrogens with one attached hydrogen (secondary N) is 3. The van der Waals surface area contributed by atoms with Gasteiger partial charge in [-0.1, -0.05) is 42.5 Å². The molecular weight excluding hydrogens is 414 g/mol. The molecule has 7 nitrogen and oxygen atoms in total. The highest BCUT2D eigenvalue weighted by molar-refractivity contribution is 6.04. The van der Waals surface area contributed by atoms with Gasteiger partial charge >= 0.3 is 6.03 Å². The predicted octanol–water partition coefficient (Wildman–Crippen LogP) is 5.03. The summed E-state index contributed by atoms with van der Waals surface area (Å²) in [5.74, 6) is -0.565. The molecule has 0 atom stereocenters. The Morgan fingerprint density at radius 2 is 1.55 bits per heavy atom. The molecule has 0 bridgehead atoms. The van der Waals surface area contributed by atoms with E-state index >= 15 is 0 Å². The molecule has 4 rings (SSSR count). The van der Waals surface area contributed by atoms with Gasteiger partial charge in [0.25, 0.3) is 5.91 Å². The van der Waals surface area contributed by atoms with Crippen LogP contribution in [-0.4, -0.2) is 25.0 Å². The first-order valence-corrected chi connectivity index (χ1v) is 11.2. The van der Waals surface area contributed by atoms with Gasteiger partial charge in [-0.15, -0.1) is 0 Å². The largest absolute Gasteiger partial charge is 0.380 e. The number of rotatable bonds is 7. The zero-order valence-corrected chi connectivity index (χ0v) is 18.5. The maximum absolute atomic E-state index is 12.7. The lowest BCUT2D eigenvalue weighted by atomic mass is 10.1. The molecule has 33 heavy (non-hydrogen) atoms. The number of nitrogens with two attached hydrogens (primary N) is 1. The number of benzene rings is 3. The molecule has 1 fully saturated rings. The molecule has 3 aromatic rings. The third-order valence-corrected chi connectivity index (χ3v) is 5.72. The van der Waals surface area contributed by atoms with Gasteiger partial charge in [0, 0.05) is 31.0 Å². The minimum atomic E-state index is -0.565. The monoisotopic (exact) mass is 443 g/mol. The summed E-state index contributed by atoms with van der Waals surface area (Å²) in [4.78, 5) is 27.1. The van der Waals surface area contributed by atoms with Gasteiger partial charge in [-0.05, 0) is 55.2 Å². The van der Waals surface area contributed by atoms with Crippen molar-refractivity contribution in [1.29, 1.82) is 0 Å². The van der Waals surface area contributed by atoms with Gasteiger partial charge in [-0.2, -0.15) is 0 Å². The van der Waals surface area contributed by atoms with Crippen molar-refractivity contribution in [2.45, 2.75) is 25.8 Å². The minimum Gasteiger partial charge on any atom is -0.380 e. The second-order valence-electron chi connectivity index (χ2n) is 8.11. The van der Waals surface area contributed by atoms with Crippen molar-refractivity contribution in [2.75, 3.05) is 33.9 Å². The molecule has 7 heteroatoms. The SMILES string of the molecule is NC(=O)c1cc(NC(=O)Nc2ccccc2N2CCCCC2)ccc1NCc1ccccc1. The number of para-hydroxylation sites is 2. The Bertz CT molecular complexity index is 1110. The maximum Gasteiger partial charge on any atom is 0.323 e. The first-order valence-electron chi connectivity index (χ1n) is 11.2. The van der Waals surface area contributed by atoms with Crippen molar-refractivity contribution in [3.05, 3.63) is 83.9 Å². The quantitative estimate of drug-likeness (QED) is 0.411. The number of hydrogen-bond donors (Lipinski definition) is 4. The first-order chi connectivity index (χ1) is 16.1. The smallest absolute Gasteiger partial charge is 0.323 e. The molecule has 5 N–H and O–H groups in total. The van der Waals surface area contributed by atoms with Crippen LogP contribution in [0.2, 0.25) is 0 Å². The summed E-state index contributed by atoms with van der Waals surface area (Å²) in [6.07, 6.45) is 3.55. The van der Waals surface area contributed by atoms with Crippen molar-refractivity contribution >= 4 is 34.7 Å². The molecule has 0 unspecified atom stereocenters. The number of piperidine rings is 1. The van der Waals surface area contributed by atoms with Crippen LogP contribution >= 0.6 is 0 Å². The zero-order chi connectivity index (χ0) is 23.0. The summed E-state index contributed by atoms with van der Waals surface area (Å²) < 4.78 is 0. The average Bonchev–Trinajstić information content (AvgIpc) is 2.84. The van der Waals surface area contributed by atoms with Crippen molar-refractivity contribution in [3.63, 3.8) is 0 Å². The van der Waals surface area contributed by atoms with Crippen LogP contribution in [-0.2, 0) is 6.54 Å². The third kappa shape index (κ3) is 5.83. The molecule has 1 aliphatic rings. The second kappa shape index (κ2) is 10.5. The lowest BCUT2D eigenvalue weighted by Gasteiger charge is -2.30. The second-order valence-corrected chi connectivity index (χ2v) is 8.11. The molecule has 1 heterocycles. The molecule has 0 aromatic heterocycles. The van der Waals surface area contributed by atoms with Crippen LogP contribution in [0.15, 0.2) is 72.8 Å². The van der Waals surface area contributed by atoms with Crippen molar-refractivity contribution in [2.24, 2.45) is 5.73 Å². The van der Waals surface area contributed by atoms with E-state index in [0.717, 1.165) is 42.9 Å². The molecule has 170 valence electrons. The van der Waals surface area contributed by atoms with E-state index in [4.69, 9.17) is 5.73 Å². The van der Waals surface area contributed by atoms with Crippen LogP contribution < -0.4 is 26.6 Å². The average molecular weight is 444 g/mol. The number of nitrogens with zero attached hydrogens (tertiary/aromatic N) is 1. The Morgan fingerprint density at radius 1 is 0.818 bits per heavy atom. The fourth-order valence-corrected chi connectivity index (χ4v) is 4.05. The van der Waals surface area contributed by atoms with Gasteiger partial charge in [-0.25, -0.2) is 4.79 Å². The van der Waals surface area contributed by atoms with E-state index in [0.29, 0.717) is 23.5 Å². The first kappa shape index (κ1) is 22.2. The Balaban J connectivity index is 1.44. The van der Waals surface area contributed by atoms with E-state index in [-0.39, 0.29) is 6.03 Å². The highest BCUT2D eigenvalue weighted by atomic mass is 16.2. The van der Waals surface area contributed by atoms with Crippen LogP contribution in [0.5, 0.6) is 0 Å². The van der Waals surface area contributed by atoms with Crippen molar-refractivity contribution < 1.29 is 9.59 Å². The maximum atomic E-state index is 12.7. The van der Waals surface area contributed by atoms with E-state index in [1.807, 2.05) is 54.6 Å². The molecule has 3 amide bonds. The topological polar surface area (TPSA) is 99.5 Å². The van der Waals surface area contributed by atoms with E-state index < -0.39 is 5.91 Å². The van der Waals surface area contributed by atoms with Gasteiger partial charge in [0.05, 0.1) is 16.9 Å². The number of primary amides is 1. The van der Waals surface area contributed by atoms with Gasteiger partial charge in [0.1, 0.15) is 0 Å². The highest BCUT2D eigenvalue weighted by Gasteiger charge is 2.16. The minimum absolute atomic E-state index is 0.317. The van der Waals surface area contributed by atoms with Gasteiger partial charge in [-0.3, -0.25) is 4.79 Å². The van der Waals surface area contributed by atoms with Crippen molar-refractivity contribution in [3.8, 4) is 0 Å². The Morgan fingerprint density at radius 3 is 2.30 bits per heavy atom. The molecule has 1 saturated heterocycles. The molecular formula is C26H29N5O2. The number of carbonyl (C=O) groups is 2. The highest BCUT2D eigenvalue weighted by Crippen LogP contribution is 2.28. The molecule has 0 aliphatic carbocycles. The summed E-state index contributed by atoms with van der Waals surface area (Å²) >= 11 is 0. The van der Waals surface area contributed by atoms with Crippen LogP contribution in [0.25, 0.3) is 0 Å². The van der Waals surface area contributed by atoms with Crippen molar-refractivity contribution in [1.82, 2.24) is 0 Å². The normalized spacial score (nSPS) is 13.3. The molecule has 0 spiro atoms. The number of carbonyl (C=O) groups excluding carboxylic acids is 2. The van der Waals surface area contributed by atoms with Gasteiger partial charge in [0.2, 0.25) is 0 Å². The standard InChI is InChI=1S/C26H29N5O2/c27-25(32)21-17-20(13-14-22(21)28-18-19-9-3-1-4-10-19)29-26(33)30-23-11-5-6-12-24(23)31-15-7-2-8-16-31/h1,3-6,9-14,17,28H,2,7-8,15-16,18H2,(H2,27,32)(H2,29,30,33). The van der Waals surface area contributed by atoms with Crippen LogP contribution in [0.1, 0.15) is 35.2 Å². The Hall–Kier alpha value is -4.00. The molecule has 1 aliphatic heterocycles. The molecule has 0 radical (unpaired) electrons. The fourth-order valence-electron chi connectivity index (χ4n) is 4.05. The summed E-state index contributed by atoms with van der Waals surface area (Å²) in [5, 5.41) is 9.00. The zero-order valence-electron chi connectivity index (χ0n) is 18.5. The van der Waals surface area contributed by atoms with Crippen LogP contribution in [0.3, 0.4) is 0 Å². The Labute approximate surface area is 194 Å². The number of anilines is 4. The van der Waals surface area contributed by atoms with Gasteiger partial charge < -0.3 is 26.6 Å². The van der Waals surface area contributed by atoms with E-state index in [1.165, 1.54) is 6.42 Å². The number of urea groups is 1. The van der Waals surface area contributed by atoms with E-state index in [1.54, 1.807) is 18.2 Å². The number of hydrogen-bond acceptors (Lipinski definition) is 4. The molecule has 3 aromatic carbocycles. The molecule has 0 saturated carbocycles. The van der Waals surface area contributed by atoms with Crippen LogP contribution in [0.4, 0.5) is 27.5 Å². The Kier molecular flexibility index (Phi) is 7.09. The predicted molar refractivity (Wildman–Crippen MR) is 134 cm³/mol. The lowest BCUT2D eigenvalue weighted by Crippen LogP contribution is -2.31. The summed E-state index contributed by atoms with van der Waals surface area (Å²) in [7, 11) is 0. The summed E-state index contributed by atoms with van der Waals surface area (Å²) in [6, 6.07) is 22.4.